The van der Waals surface area contributed by atoms with Crippen LogP contribution in [0.1, 0.15) is 13.8 Å². The fourth-order valence-electron chi connectivity index (χ4n) is 1.69. The van der Waals surface area contributed by atoms with Crippen molar-refractivity contribution in [2.75, 3.05) is 19.6 Å². The molecule has 72 valence electrons. The minimum Gasteiger partial charge on any atom is -0.373 e. The Kier molecular flexibility index (Phi) is 3.94. The summed E-state index contributed by atoms with van der Waals surface area (Å²) < 4.78 is 5.59. The van der Waals surface area contributed by atoms with Crippen molar-refractivity contribution in [3.8, 4) is 6.07 Å². The minimum atomic E-state index is 0.305. The van der Waals surface area contributed by atoms with Crippen molar-refractivity contribution in [2.24, 2.45) is 0 Å². The van der Waals surface area contributed by atoms with Crippen LogP contribution in [0.15, 0.2) is 12.2 Å². The zero-order chi connectivity index (χ0) is 9.68. The second-order valence-electron chi connectivity index (χ2n) is 3.51. The zero-order valence-electron chi connectivity index (χ0n) is 8.23. The molecule has 13 heavy (non-hydrogen) atoms. The monoisotopic (exact) mass is 180 g/mol. The lowest BCUT2D eigenvalue weighted by molar-refractivity contribution is -0.0646. The summed E-state index contributed by atoms with van der Waals surface area (Å²) in [5.41, 5.74) is 0. The van der Waals surface area contributed by atoms with Gasteiger partial charge in [-0.05, 0) is 13.8 Å². The van der Waals surface area contributed by atoms with E-state index in [1.54, 1.807) is 0 Å². The third kappa shape index (κ3) is 3.58. The van der Waals surface area contributed by atoms with Crippen LogP contribution < -0.4 is 0 Å². The number of nitriles is 1. The summed E-state index contributed by atoms with van der Waals surface area (Å²) in [6, 6.07) is 1.99. The molecule has 3 heteroatoms. The van der Waals surface area contributed by atoms with Gasteiger partial charge in [0.05, 0.1) is 18.3 Å². The van der Waals surface area contributed by atoms with E-state index in [1.807, 2.05) is 12.1 Å². The number of allylic oxidation sites excluding steroid dienone is 1. The van der Waals surface area contributed by atoms with Crippen molar-refractivity contribution in [2.45, 2.75) is 26.1 Å². The van der Waals surface area contributed by atoms with Crippen LogP contribution in [-0.4, -0.2) is 36.7 Å². The molecule has 1 rings (SSSR count). The van der Waals surface area contributed by atoms with Gasteiger partial charge in [-0.3, -0.25) is 4.90 Å². The second kappa shape index (κ2) is 5.00. The minimum absolute atomic E-state index is 0.305. The largest absolute Gasteiger partial charge is 0.373 e. The molecular formula is C10H16N2O. The van der Waals surface area contributed by atoms with E-state index in [0.717, 1.165) is 19.6 Å². The molecule has 2 atom stereocenters. The summed E-state index contributed by atoms with van der Waals surface area (Å²) in [6.45, 7) is 6.93. The molecule has 1 saturated heterocycles. The number of hydrogen-bond acceptors (Lipinski definition) is 3. The van der Waals surface area contributed by atoms with Crippen LogP contribution in [0.5, 0.6) is 0 Å². The van der Waals surface area contributed by atoms with E-state index >= 15 is 0 Å². The molecule has 0 N–H and O–H groups in total. The second-order valence-corrected chi connectivity index (χ2v) is 3.51. The van der Waals surface area contributed by atoms with Gasteiger partial charge >= 0.3 is 0 Å². The molecule has 0 aliphatic carbocycles. The maximum absolute atomic E-state index is 8.32. The predicted octanol–water partition coefficient (Wildman–Crippen LogP) is 1.18. The van der Waals surface area contributed by atoms with E-state index < -0.39 is 0 Å². The SMILES string of the molecule is CC1CN(C/C=C/C#N)CC(C)O1. The zero-order valence-corrected chi connectivity index (χ0v) is 8.23. The standard InChI is InChI=1S/C10H16N2O/c1-9-7-12(6-4-3-5-11)8-10(2)13-9/h3-4,9-10H,6-8H2,1-2H3/b4-3+. The number of rotatable bonds is 2. The summed E-state index contributed by atoms with van der Waals surface area (Å²) in [7, 11) is 0. The fraction of sp³-hybridized carbons (Fsp3) is 0.700. The van der Waals surface area contributed by atoms with Crippen LogP contribution >= 0.6 is 0 Å². The summed E-state index contributed by atoms with van der Waals surface area (Å²) >= 11 is 0. The quantitative estimate of drug-likeness (QED) is 0.599. The molecule has 0 bridgehead atoms. The van der Waals surface area contributed by atoms with Crippen LogP contribution in [0.3, 0.4) is 0 Å². The Morgan fingerprint density at radius 2 is 2.08 bits per heavy atom. The van der Waals surface area contributed by atoms with Crippen LogP contribution in [0.4, 0.5) is 0 Å². The van der Waals surface area contributed by atoms with Crippen molar-refractivity contribution in [3.05, 3.63) is 12.2 Å². The van der Waals surface area contributed by atoms with E-state index in [-0.39, 0.29) is 0 Å². The highest BCUT2D eigenvalue weighted by Gasteiger charge is 2.20. The van der Waals surface area contributed by atoms with Crippen molar-refractivity contribution >= 4 is 0 Å². The molecule has 2 unspecified atom stereocenters. The molecule has 0 radical (unpaired) electrons. The van der Waals surface area contributed by atoms with Gasteiger partial charge in [-0.15, -0.1) is 0 Å². The van der Waals surface area contributed by atoms with E-state index in [1.165, 1.54) is 6.08 Å². The van der Waals surface area contributed by atoms with Crippen LogP contribution in [0.2, 0.25) is 0 Å². The van der Waals surface area contributed by atoms with Crippen molar-refractivity contribution in [1.29, 1.82) is 5.26 Å². The predicted molar refractivity (Wildman–Crippen MR) is 51.2 cm³/mol. The molecule has 0 aromatic heterocycles. The van der Waals surface area contributed by atoms with Gasteiger partial charge in [-0.25, -0.2) is 0 Å². The van der Waals surface area contributed by atoms with Crippen LogP contribution in [0.25, 0.3) is 0 Å². The summed E-state index contributed by atoms with van der Waals surface area (Å²) in [5, 5.41) is 8.32. The third-order valence-electron chi connectivity index (χ3n) is 2.05. The number of hydrogen-bond donors (Lipinski definition) is 0. The van der Waals surface area contributed by atoms with Gasteiger partial charge < -0.3 is 4.74 Å². The molecule has 1 aliphatic rings. The molecule has 1 fully saturated rings. The summed E-state index contributed by atoms with van der Waals surface area (Å²) in [5.74, 6) is 0. The summed E-state index contributed by atoms with van der Waals surface area (Å²) in [4.78, 5) is 2.30. The molecule has 0 aromatic carbocycles. The van der Waals surface area contributed by atoms with Crippen molar-refractivity contribution < 1.29 is 4.74 Å². The van der Waals surface area contributed by atoms with Gasteiger partial charge in [0.1, 0.15) is 0 Å². The lowest BCUT2D eigenvalue weighted by atomic mass is 10.2. The van der Waals surface area contributed by atoms with E-state index in [9.17, 15) is 0 Å². The lowest BCUT2D eigenvalue weighted by Gasteiger charge is -2.34. The Bertz CT molecular complexity index is 209. The maximum atomic E-state index is 8.32. The Labute approximate surface area is 79.6 Å². The first-order valence-electron chi connectivity index (χ1n) is 4.65. The highest BCUT2D eigenvalue weighted by molar-refractivity contribution is 5.02. The number of morpholine rings is 1. The van der Waals surface area contributed by atoms with E-state index in [0.29, 0.717) is 12.2 Å². The topological polar surface area (TPSA) is 36.3 Å². The Morgan fingerprint density at radius 3 is 2.62 bits per heavy atom. The van der Waals surface area contributed by atoms with Crippen LogP contribution in [-0.2, 0) is 4.74 Å². The van der Waals surface area contributed by atoms with Gasteiger partial charge in [-0.2, -0.15) is 5.26 Å². The van der Waals surface area contributed by atoms with Gasteiger partial charge in [0.2, 0.25) is 0 Å². The first-order chi connectivity index (χ1) is 6.22. The average molecular weight is 180 g/mol. The van der Waals surface area contributed by atoms with E-state index in [4.69, 9.17) is 10.00 Å². The fourth-order valence-corrected chi connectivity index (χ4v) is 1.69. The highest BCUT2D eigenvalue weighted by Crippen LogP contribution is 2.09. The van der Waals surface area contributed by atoms with Crippen molar-refractivity contribution in [1.82, 2.24) is 4.90 Å². The van der Waals surface area contributed by atoms with E-state index in [2.05, 4.69) is 18.7 Å². The summed E-state index contributed by atoms with van der Waals surface area (Å²) in [6.07, 6.45) is 4.04. The lowest BCUT2D eigenvalue weighted by Crippen LogP contribution is -2.45. The van der Waals surface area contributed by atoms with Crippen molar-refractivity contribution in [3.63, 3.8) is 0 Å². The van der Waals surface area contributed by atoms with Gasteiger partial charge in [0.15, 0.2) is 0 Å². The molecule has 1 heterocycles. The third-order valence-corrected chi connectivity index (χ3v) is 2.05. The molecular weight excluding hydrogens is 164 g/mol. The van der Waals surface area contributed by atoms with Gasteiger partial charge in [0, 0.05) is 25.7 Å². The number of nitrogens with zero attached hydrogens (tertiary/aromatic N) is 2. The smallest absolute Gasteiger partial charge is 0.0909 e. The Morgan fingerprint density at radius 1 is 1.46 bits per heavy atom. The normalized spacial score (nSPS) is 30.5. The molecule has 0 amide bonds. The first-order valence-corrected chi connectivity index (χ1v) is 4.65. The number of ether oxygens (including phenoxy) is 1. The molecule has 0 saturated carbocycles. The van der Waals surface area contributed by atoms with Gasteiger partial charge in [0.25, 0.3) is 0 Å². The molecule has 0 spiro atoms. The Hall–Kier alpha value is -0.850. The van der Waals surface area contributed by atoms with Crippen LogP contribution in [0, 0.1) is 11.3 Å². The average Bonchev–Trinajstić information content (AvgIpc) is 2.03. The molecule has 0 aromatic rings. The maximum Gasteiger partial charge on any atom is 0.0909 e. The molecule has 1 aliphatic heterocycles. The van der Waals surface area contributed by atoms with Gasteiger partial charge in [-0.1, -0.05) is 6.08 Å². The highest BCUT2D eigenvalue weighted by atomic mass is 16.5. The molecule has 3 nitrogen and oxygen atoms in total. The Balaban J connectivity index is 2.34. The first kappa shape index (κ1) is 10.2.